The molecule has 1 saturated carbocycles. The normalized spacial score (nSPS) is 17.4. The number of benzene rings is 1. The maximum absolute atomic E-state index is 10.0. The Kier molecular flexibility index (Phi) is 3.43. The van der Waals surface area contributed by atoms with Gasteiger partial charge in [0.15, 0.2) is 0 Å². The fourth-order valence-electron chi connectivity index (χ4n) is 2.24. The van der Waals surface area contributed by atoms with Crippen LogP contribution in [0.2, 0.25) is 0 Å². The summed E-state index contributed by atoms with van der Waals surface area (Å²) in [6, 6.07) is 3.17. The van der Waals surface area contributed by atoms with Crippen LogP contribution in [-0.2, 0) is 0 Å². The van der Waals surface area contributed by atoms with Gasteiger partial charge in [-0.05, 0) is 18.8 Å². The summed E-state index contributed by atoms with van der Waals surface area (Å²) in [7, 11) is 3.13. The lowest BCUT2D eigenvalue weighted by atomic mass is 9.77. The highest BCUT2D eigenvalue weighted by Gasteiger charge is 2.30. The van der Waals surface area contributed by atoms with Gasteiger partial charge in [-0.15, -0.1) is 0 Å². The monoisotopic (exact) mass is 237 g/mol. The van der Waals surface area contributed by atoms with Crippen molar-refractivity contribution in [3.8, 4) is 17.2 Å². The molecule has 0 unspecified atom stereocenters. The van der Waals surface area contributed by atoms with Crippen molar-refractivity contribution in [3.63, 3.8) is 0 Å². The Morgan fingerprint density at radius 1 is 1.29 bits per heavy atom. The van der Waals surface area contributed by atoms with Gasteiger partial charge in [0, 0.05) is 18.2 Å². The molecule has 4 nitrogen and oxygen atoms in total. The Morgan fingerprint density at radius 3 is 2.47 bits per heavy atom. The summed E-state index contributed by atoms with van der Waals surface area (Å²) in [5, 5.41) is 10.0. The second-order valence-corrected chi connectivity index (χ2v) is 4.48. The zero-order chi connectivity index (χ0) is 12.4. The van der Waals surface area contributed by atoms with Gasteiger partial charge in [-0.3, -0.25) is 0 Å². The number of methoxy groups -OCH3 is 2. The average Bonchev–Trinajstić information content (AvgIpc) is 2.25. The van der Waals surface area contributed by atoms with Crippen LogP contribution in [-0.4, -0.2) is 19.3 Å². The molecule has 1 atom stereocenters. The van der Waals surface area contributed by atoms with Crippen molar-refractivity contribution in [3.05, 3.63) is 17.7 Å². The van der Waals surface area contributed by atoms with E-state index in [2.05, 4.69) is 0 Å². The highest BCUT2D eigenvalue weighted by atomic mass is 16.5. The van der Waals surface area contributed by atoms with Crippen LogP contribution in [0.3, 0.4) is 0 Å². The minimum Gasteiger partial charge on any atom is -0.507 e. The lowest BCUT2D eigenvalue weighted by Crippen LogP contribution is -2.27. The fraction of sp³-hybridized carbons (Fsp3) is 0.538. The summed E-state index contributed by atoms with van der Waals surface area (Å²) < 4.78 is 10.4. The second kappa shape index (κ2) is 4.84. The minimum absolute atomic E-state index is 0.153. The number of aromatic hydroxyl groups is 1. The summed E-state index contributed by atoms with van der Waals surface area (Å²) in [6.45, 7) is 0. The molecule has 0 aliphatic heterocycles. The van der Waals surface area contributed by atoms with Crippen LogP contribution in [0.5, 0.6) is 17.2 Å². The van der Waals surface area contributed by atoms with Crippen LogP contribution >= 0.6 is 0 Å². The Morgan fingerprint density at radius 2 is 2.00 bits per heavy atom. The van der Waals surface area contributed by atoms with Crippen molar-refractivity contribution < 1.29 is 14.6 Å². The predicted molar refractivity (Wildman–Crippen MR) is 65.5 cm³/mol. The lowest BCUT2D eigenvalue weighted by Gasteiger charge is -2.32. The van der Waals surface area contributed by atoms with Crippen molar-refractivity contribution in [2.75, 3.05) is 14.2 Å². The number of rotatable bonds is 4. The van der Waals surface area contributed by atoms with Crippen molar-refractivity contribution >= 4 is 0 Å². The smallest absolute Gasteiger partial charge is 0.131 e. The lowest BCUT2D eigenvalue weighted by molar-refractivity contribution is 0.254. The minimum atomic E-state index is -0.162. The maximum atomic E-state index is 10.0. The summed E-state index contributed by atoms with van der Waals surface area (Å²) in [4.78, 5) is 0. The molecule has 17 heavy (non-hydrogen) atoms. The Bertz CT molecular complexity index is 402. The molecule has 3 N–H and O–H groups in total. The van der Waals surface area contributed by atoms with Crippen molar-refractivity contribution in [2.45, 2.75) is 25.3 Å². The first-order valence-electron chi connectivity index (χ1n) is 5.87. The zero-order valence-electron chi connectivity index (χ0n) is 10.3. The van der Waals surface area contributed by atoms with Gasteiger partial charge in [-0.25, -0.2) is 0 Å². The Balaban J connectivity index is 2.36. The highest BCUT2D eigenvalue weighted by Crippen LogP contribution is 2.44. The summed E-state index contributed by atoms with van der Waals surface area (Å²) in [6.07, 6.45) is 3.46. The van der Waals surface area contributed by atoms with Crippen LogP contribution in [0.4, 0.5) is 0 Å². The van der Waals surface area contributed by atoms with Gasteiger partial charge in [-0.2, -0.15) is 0 Å². The van der Waals surface area contributed by atoms with E-state index in [1.165, 1.54) is 6.42 Å². The topological polar surface area (TPSA) is 64.7 Å². The van der Waals surface area contributed by atoms with Crippen molar-refractivity contribution in [2.24, 2.45) is 11.7 Å². The van der Waals surface area contributed by atoms with Crippen LogP contribution < -0.4 is 15.2 Å². The molecule has 1 aromatic rings. The third-order valence-electron chi connectivity index (χ3n) is 3.54. The number of ether oxygens (including phenoxy) is 2. The highest BCUT2D eigenvalue weighted by molar-refractivity contribution is 5.51. The van der Waals surface area contributed by atoms with Gasteiger partial charge >= 0.3 is 0 Å². The van der Waals surface area contributed by atoms with Gasteiger partial charge in [-0.1, -0.05) is 6.42 Å². The van der Waals surface area contributed by atoms with E-state index in [0.717, 1.165) is 12.8 Å². The van der Waals surface area contributed by atoms with E-state index < -0.39 is 0 Å². The van der Waals surface area contributed by atoms with Crippen LogP contribution in [0.1, 0.15) is 30.9 Å². The Labute approximate surface area is 101 Å². The SMILES string of the molecule is COc1cc(O)c([C@H](N)C2CCC2)c(OC)c1. The van der Waals surface area contributed by atoms with Crippen LogP contribution in [0.15, 0.2) is 12.1 Å². The molecule has 0 aromatic heterocycles. The number of nitrogens with two attached hydrogens (primary N) is 1. The van der Waals surface area contributed by atoms with Gasteiger partial charge in [0.2, 0.25) is 0 Å². The van der Waals surface area contributed by atoms with E-state index in [-0.39, 0.29) is 11.8 Å². The number of hydrogen-bond donors (Lipinski definition) is 2. The molecule has 0 spiro atoms. The molecule has 0 heterocycles. The molecule has 1 aliphatic rings. The van der Waals surface area contributed by atoms with E-state index in [4.69, 9.17) is 15.2 Å². The Hall–Kier alpha value is -1.42. The molecule has 0 radical (unpaired) electrons. The first-order chi connectivity index (χ1) is 8.17. The third kappa shape index (κ3) is 2.17. The summed E-state index contributed by atoms with van der Waals surface area (Å²) >= 11 is 0. The molecule has 1 aliphatic carbocycles. The zero-order valence-corrected chi connectivity index (χ0v) is 10.3. The standard InChI is InChI=1S/C13H19NO3/c1-16-9-6-10(15)12(11(7-9)17-2)13(14)8-4-3-5-8/h6-8,13,15H,3-5,14H2,1-2H3/t13-/m1/s1. The van der Waals surface area contributed by atoms with E-state index in [1.807, 2.05) is 0 Å². The molecule has 0 bridgehead atoms. The number of hydrogen-bond acceptors (Lipinski definition) is 4. The molecule has 1 fully saturated rings. The maximum Gasteiger partial charge on any atom is 0.131 e. The molecule has 2 rings (SSSR count). The quantitative estimate of drug-likeness (QED) is 0.842. The number of phenols is 1. The predicted octanol–water partition coefficient (Wildman–Crippen LogP) is 2.21. The van der Waals surface area contributed by atoms with Gasteiger partial charge in [0.1, 0.15) is 17.2 Å². The molecular weight excluding hydrogens is 218 g/mol. The molecule has 0 amide bonds. The largest absolute Gasteiger partial charge is 0.507 e. The number of phenolic OH excluding ortho intramolecular Hbond substituents is 1. The van der Waals surface area contributed by atoms with Crippen molar-refractivity contribution in [1.29, 1.82) is 0 Å². The first kappa shape index (κ1) is 12.0. The summed E-state index contributed by atoms with van der Waals surface area (Å²) in [5.41, 5.74) is 6.88. The van der Waals surface area contributed by atoms with Crippen LogP contribution in [0, 0.1) is 5.92 Å². The van der Waals surface area contributed by atoms with Crippen LogP contribution in [0.25, 0.3) is 0 Å². The second-order valence-electron chi connectivity index (χ2n) is 4.48. The van der Waals surface area contributed by atoms with Gasteiger partial charge < -0.3 is 20.3 Å². The van der Waals surface area contributed by atoms with E-state index in [9.17, 15) is 5.11 Å². The van der Waals surface area contributed by atoms with Gasteiger partial charge in [0.25, 0.3) is 0 Å². The van der Waals surface area contributed by atoms with Gasteiger partial charge in [0.05, 0.1) is 19.8 Å². The first-order valence-corrected chi connectivity index (χ1v) is 5.87. The third-order valence-corrected chi connectivity index (χ3v) is 3.54. The molecule has 0 saturated heterocycles. The summed E-state index contributed by atoms with van der Waals surface area (Å²) in [5.74, 6) is 1.77. The fourth-order valence-corrected chi connectivity index (χ4v) is 2.24. The molecule has 4 heteroatoms. The van der Waals surface area contributed by atoms with E-state index >= 15 is 0 Å². The van der Waals surface area contributed by atoms with E-state index in [0.29, 0.717) is 23.0 Å². The van der Waals surface area contributed by atoms with E-state index in [1.54, 1.807) is 26.4 Å². The average molecular weight is 237 g/mol. The van der Waals surface area contributed by atoms with Crippen molar-refractivity contribution in [1.82, 2.24) is 0 Å². The molecule has 1 aromatic carbocycles. The molecular formula is C13H19NO3. The molecule has 94 valence electrons.